The minimum absolute atomic E-state index is 0.826. The highest BCUT2D eigenvalue weighted by Gasteiger charge is 2.21. The molecule has 1 aromatic heterocycles. The molecule has 2 heterocycles. The minimum atomic E-state index is 0.826. The normalized spacial score (nSPS) is 19.5. The Labute approximate surface area is 133 Å². The molecule has 3 nitrogen and oxygen atoms in total. The Hall–Kier alpha value is -1.61. The van der Waals surface area contributed by atoms with Crippen LogP contribution < -0.4 is 0 Å². The largest absolute Gasteiger partial charge is 0.348 e. The first-order chi connectivity index (χ1) is 10.7. The number of benzene rings is 1. The second-order valence-electron chi connectivity index (χ2n) is 6.68. The van der Waals surface area contributed by atoms with Crippen molar-refractivity contribution in [2.24, 2.45) is 5.92 Å². The summed E-state index contributed by atoms with van der Waals surface area (Å²) in [6.07, 6.45) is 7.03. The highest BCUT2D eigenvalue weighted by Crippen LogP contribution is 2.23. The van der Waals surface area contributed by atoms with Gasteiger partial charge in [-0.2, -0.15) is 0 Å². The van der Waals surface area contributed by atoms with Crippen LogP contribution in [0, 0.1) is 19.8 Å². The quantitative estimate of drug-likeness (QED) is 0.908. The van der Waals surface area contributed by atoms with Gasteiger partial charge in [0.05, 0.1) is 12.0 Å². The Morgan fingerprint density at radius 1 is 1.27 bits per heavy atom. The molecule has 1 aliphatic heterocycles. The summed E-state index contributed by atoms with van der Waals surface area (Å²) in [7, 11) is 0. The Kier molecular flexibility index (Phi) is 4.94. The van der Waals surface area contributed by atoms with Crippen LogP contribution in [0.15, 0.2) is 30.6 Å². The van der Waals surface area contributed by atoms with Gasteiger partial charge in [0.15, 0.2) is 0 Å². The average molecular weight is 297 g/mol. The van der Waals surface area contributed by atoms with Crippen molar-refractivity contribution in [1.29, 1.82) is 0 Å². The third-order valence-corrected chi connectivity index (χ3v) is 4.99. The number of likely N-dealkylation sites (tertiary alicyclic amines) is 1. The van der Waals surface area contributed by atoms with E-state index in [1.165, 1.54) is 61.3 Å². The van der Waals surface area contributed by atoms with Crippen molar-refractivity contribution in [3.63, 3.8) is 0 Å². The molecular formula is C19H27N3. The van der Waals surface area contributed by atoms with E-state index in [4.69, 9.17) is 0 Å². The third kappa shape index (κ3) is 3.77. The van der Waals surface area contributed by atoms with Crippen LogP contribution in [0.5, 0.6) is 0 Å². The van der Waals surface area contributed by atoms with E-state index in [1.54, 1.807) is 0 Å². The van der Waals surface area contributed by atoms with Crippen molar-refractivity contribution < 1.29 is 0 Å². The number of piperidine rings is 1. The second kappa shape index (κ2) is 7.10. The zero-order valence-corrected chi connectivity index (χ0v) is 13.8. The maximum Gasteiger partial charge on any atom is 0.0925 e. The summed E-state index contributed by atoms with van der Waals surface area (Å²) in [5.74, 6) is 0.826. The van der Waals surface area contributed by atoms with Crippen molar-refractivity contribution in [3.05, 3.63) is 53.1 Å². The summed E-state index contributed by atoms with van der Waals surface area (Å²) in [6, 6.07) is 8.80. The summed E-state index contributed by atoms with van der Waals surface area (Å²) in [4.78, 5) is 10.2. The van der Waals surface area contributed by atoms with E-state index < -0.39 is 0 Å². The first-order valence-corrected chi connectivity index (χ1v) is 8.48. The summed E-state index contributed by atoms with van der Waals surface area (Å²) in [5, 5.41) is 0. The van der Waals surface area contributed by atoms with Gasteiger partial charge in [-0.25, -0.2) is 4.98 Å². The summed E-state index contributed by atoms with van der Waals surface area (Å²) in [5.41, 5.74) is 5.37. The van der Waals surface area contributed by atoms with Gasteiger partial charge in [-0.05, 0) is 63.1 Å². The molecule has 1 saturated heterocycles. The number of aromatic nitrogens is 2. The van der Waals surface area contributed by atoms with Crippen LogP contribution in [0.25, 0.3) is 0 Å². The molecule has 1 atom stereocenters. The zero-order chi connectivity index (χ0) is 15.4. The SMILES string of the molecule is Cc1ccccc1CC[C@@H]1CCCN(Cc2nc[nH]c2C)C1. The lowest BCUT2D eigenvalue weighted by Gasteiger charge is -2.32. The molecule has 3 rings (SSSR count). The van der Waals surface area contributed by atoms with Crippen LogP contribution in [-0.2, 0) is 13.0 Å². The molecule has 0 radical (unpaired) electrons. The maximum atomic E-state index is 4.44. The number of hydrogen-bond acceptors (Lipinski definition) is 2. The average Bonchev–Trinajstić information content (AvgIpc) is 2.92. The number of H-pyrrole nitrogens is 1. The number of nitrogens with one attached hydrogen (secondary N) is 1. The lowest BCUT2D eigenvalue weighted by atomic mass is 9.90. The first-order valence-electron chi connectivity index (χ1n) is 8.48. The first kappa shape index (κ1) is 15.3. The number of rotatable bonds is 5. The van der Waals surface area contributed by atoms with Crippen LogP contribution in [-0.4, -0.2) is 28.0 Å². The van der Waals surface area contributed by atoms with Gasteiger partial charge in [0, 0.05) is 18.8 Å². The number of hydrogen-bond donors (Lipinski definition) is 1. The van der Waals surface area contributed by atoms with Crippen molar-refractivity contribution in [2.75, 3.05) is 13.1 Å². The predicted octanol–water partition coefficient (Wildman–Crippen LogP) is 3.87. The third-order valence-electron chi connectivity index (χ3n) is 4.99. The molecule has 0 spiro atoms. The monoisotopic (exact) mass is 297 g/mol. The van der Waals surface area contributed by atoms with Crippen molar-refractivity contribution in [3.8, 4) is 0 Å². The fourth-order valence-electron chi connectivity index (χ4n) is 3.54. The number of imidazole rings is 1. The van der Waals surface area contributed by atoms with E-state index in [0.29, 0.717) is 0 Å². The molecular weight excluding hydrogens is 270 g/mol. The van der Waals surface area contributed by atoms with Gasteiger partial charge in [-0.3, -0.25) is 4.90 Å². The molecule has 1 N–H and O–H groups in total. The molecule has 0 amide bonds. The molecule has 0 saturated carbocycles. The zero-order valence-electron chi connectivity index (χ0n) is 13.8. The molecule has 1 aliphatic rings. The second-order valence-corrected chi connectivity index (χ2v) is 6.68. The number of aromatic amines is 1. The Morgan fingerprint density at radius 2 is 2.14 bits per heavy atom. The van der Waals surface area contributed by atoms with Crippen LogP contribution in [0.2, 0.25) is 0 Å². The highest BCUT2D eigenvalue weighted by atomic mass is 15.1. The van der Waals surface area contributed by atoms with Gasteiger partial charge < -0.3 is 4.98 Å². The molecule has 1 fully saturated rings. The highest BCUT2D eigenvalue weighted by molar-refractivity contribution is 5.25. The van der Waals surface area contributed by atoms with Gasteiger partial charge in [0.2, 0.25) is 0 Å². The van der Waals surface area contributed by atoms with Crippen LogP contribution in [0.3, 0.4) is 0 Å². The molecule has 118 valence electrons. The van der Waals surface area contributed by atoms with Gasteiger partial charge in [0.25, 0.3) is 0 Å². The van der Waals surface area contributed by atoms with Gasteiger partial charge in [-0.1, -0.05) is 24.3 Å². The van der Waals surface area contributed by atoms with Crippen LogP contribution in [0.4, 0.5) is 0 Å². The van der Waals surface area contributed by atoms with E-state index >= 15 is 0 Å². The van der Waals surface area contributed by atoms with E-state index in [9.17, 15) is 0 Å². The minimum Gasteiger partial charge on any atom is -0.348 e. The molecule has 2 aromatic rings. The fraction of sp³-hybridized carbons (Fsp3) is 0.526. The van der Waals surface area contributed by atoms with Crippen LogP contribution in [0.1, 0.15) is 41.8 Å². The maximum absolute atomic E-state index is 4.44. The van der Waals surface area contributed by atoms with Gasteiger partial charge in [0.1, 0.15) is 0 Å². The summed E-state index contributed by atoms with van der Waals surface area (Å²) in [6.45, 7) is 7.77. The van der Waals surface area contributed by atoms with Crippen molar-refractivity contribution >= 4 is 0 Å². The summed E-state index contributed by atoms with van der Waals surface area (Å²) >= 11 is 0. The Morgan fingerprint density at radius 3 is 2.91 bits per heavy atom. The smallest absolute Gasteiger partial charge is 0.0925 e. The lowest BCUT2D eigenvalue weighted by Crippen LogP contribution is -2.35. The van der Waals surface area contributed by atoms with Gasteiger partial charge >= 0.3 is 0 Å². The van der Waals surface area contributed by atoms with E-state index in [1.807, 2.05) is 6.33 Å². The Bertz CT molecular complexity index is 602. The lowest BCUT2D eigenvalue weighted by molar-refractivity contribution is 0.160. The number of nitrogens with zero attached hydrogens (tertiary/aromatic N) is 2. The molecule has 0 bridgehead atoms. The molecule has 0 unspecified atom stereocenters. The van der Waals surface area contributed by atoms with E-state index in [0.717, 1.165) is 12.5 Å². The predicted molar refractivity (Wildman–Crippen MR) is 90.8 cm³/mol. The summed E-state index contributed by atoms with van der Waals surface area (Å²) < 4.78 is 0. The topological polar surface area (TPSA) is 31.9 Å². The van der Waals surface area contributed by atoms with Gasteiger partial charge in [-0.15, -0.1) is 0 Å². The van der Waals surface area contributed by atoms with Crippen LogP contribution >= 0.6 is 0 Å². The standard InChI is InChI=1S/C19H27N3/c1-15-6-3-4-8-18(15)10-9-17-7-5-11-22(12-17)13-19-16(2)20-14-21-19/h3-4,6,8,14,17H,5,7,9-13H2,1-2H3,(H,20,21)/t17-/m0/s1. The van der Waals surface area contributed by atoms with Crippen molar-refractivity contribution in [1.82, 2.24) is 14.9 Å². The number of aryl methyl sites for hydroxylation is 3. The Balaban J connectivity index is 1.52. The van der Waals surface area contributed by atoms with E-state index in [-0.39, 0.29) is 0 Å². The van der Waals surface area contributed by atoms with Crippen molar-refractivity contribution in [2.45, 2.75) is 46.1 Å². The molecule has 1 aromatic carbocycles. The van der Waals surface area contributed by atoms with E-state index in [2.05, 4.69) is 53.0 Å². The molecule has 0 aliphatic carbocycles. The molecule has 22 heavy (non-hydrogen) atoms. The fourth-order valence-corrected chi connectivity index (χ4v) is 3.54. The molecule has 3 heteroatoms.